The largest absolute Gasteiger partial charge is 0.409 e. The van der Waals surface area contributed by atoms with Crippen molar-refractivity contribution in [2.45, 2.75) is 20.0 Å². The Balaban J connectivity index is 2.00. The molecule has 0 fully saturated rings. The molecule has 0 spiro atoms. The van der Waals surface area contributed by atoms with Crippen molar-refractivity contribution in [1.82, 2.24) is 20.9 Å². The molecular weight excluding hydrogens is 458 g/mol. The van der Waals surface area contributed by atoms with E-state index in [4.69, 9.17) is 4.63 Å². The van der Waals surface area contributed by atoms with Crippen molar-refractivity contribution in [2.24, 2.45) is 9.55 Å². The minimum atomic E-state index is -3.66. The van der Waals surface area contributed by atoms with Gasteiger partial charge in [0.1, 0.15) is 13.7 Å². The molecule has 2 aromatic rings. The monoisotopic (exact) mass is 484 g/mol. The number of aliphatic hydroxyl groups excluding tert-OH is 1. The molecule has 0 unspecified atom stereocenters. The molecule has 0 saturated heterocycles. The van der Waals surface area contributed by atoms with Crippen LogP contribution in [0.4, 0.5) is 15.9 Å². The quantitative estimate of drug-likeness (QED) is 0.0569. The number of hydrogen-bond acceptors (Lipinski definition) is 9. The van der Waals surface area contributed by atoms with Crippen LogP contribution in [-0.2, 0) is 10.0 Å². The Morgan fingerprint density at radius 3 is 2.70 bits per heavy atom. The summed E-state index contributed by atoms with van der Waals surface area (Å²) in [6.45, 7) is 3.53. The van der Waals surface area contributed by atoms with E-state index in [1.54, 1.807) is 14.8 Å². The lowest BCUT2D eigenvalue weighted by atomic mass is 9.95. The number of aromatic nitrogens is 2. The third-order valence-electron chi connectivity index (χ3n) is 4.10. The number of hydrogen-bond donors (Lipinski definition) is 6. The number of nitrogens with one attached hydrogen (secondary N) is 4. The van der Waals surface area contributed by atoms with Crippen LogP contribution in [0.2, 0.25) is 0 Å². The molecule has 0 bridgehead atoms. The first kappa shape index (κ1) is 25.9. The van der Waals surface area contributed by atoms with E-state index in [1.807, 2.05) is 0 Å². The van der Waals surface area contributed by atoms with Gasteiger partial charge in [-0.15, -0.1) is 4.40 Å². The molecule has 180 valence electrons. The van der Waals surface area contributed by atoms with Crippen molar-refractivity contribution >= 4 is 46.6 Å². The van der Waals surface area contributed by atoms with E-state index >= 15 is 0 Å². The number of benzene rings is 1. The molecule has 1 aromatic carbocycles. The number of rotatable bonds is 10. The summed E-state index contributed by atoms with van der Waals surface area (Å²) in [4.78, 5) is 0. The van der Waals surface area contributed by atoms with Gasteiger partial charge in [-0.25, -0.2) is 17.4 Å². The van der Waals surface area contributed by atoms with E-state index in [1.165, 1.54) is 25.1 Å². The maximum atomic E-state index is 13.5. The van der Waals surface area contributed by atoms with E-state index < -0.39 is 16.1 Å². The molecule has 1 heterocycles. The summed E-state index contributed by atoms with van der Waals surface area (Å²) in [6.07, 6.45) is -0.711. The SMILES string of the molecule is Bc1cc(N/C(=N\O)c2nonc2NCCN/C(=N/S(=O)(=O)CC)NC[C@@H](C)O)ccc1F. The number of anilines is 2. The highest BCUT2D eigenvalue weighted by Gasteiger charge is 2.18. The molecule has 0 aliphatic heterocycles. The third kappa shape index (κ3) is 8.23. The highest BCUT2D eigenvalue weighted by atomic mass is 32.2. The maximum absolute atomic E-state index is 13.5. The average Bonchev–Trinajstić information content (AvgIpc) is 3.23. The van der Waals surface area contributed by atoms with Crippen molar-refractivity contribution in [3.05, 3.63) is 29.7 Å². The molecule has 0 amide bonds. The molecule has 0 aliphatic rings. The molecular formula is C17H26BFN8O5S. The molecule has 13 nitrogen and oxygen atoms in total. The first-order valence-corrected chi connectivity index (χ1v) is 11.6. The van der Waals surface area contributed by atoms with Crippen LogP contribution in [0.1, 0.15) is 19.5 Å². The van der Waals surface area contributed by atoms with Crippen LogP contribution in [0.5, 0.6) is 0 Å². The molecule has 16 heteroatoms. The van der Waals surface area contributed by atoms with E-state index in [0.717, 1.165) is 0 Å². The summed E-state index contributed by atoms with van der Waals surface area (Å²) in [5.74, 6) is -0.507. The summed E-state index contributed by atoms with van der Waals surface area (Å²) in [7, 11) is -2.06. The number of guanidine groups is 1. The smallest absolute Gasteiger partial charge is 0.256 e. The molecule has 2 rings (SSSR count). The lowest BCUT2D eigenvalue weighted by molar-refractivity contribution is 0.197. The van der Waals surface area contributed by atoms with Crippen LogP contribution in [-0.4, -0.2) is 80.2 Å². The van der Waals surface area contributed by atoms with Crippen molar-refractivity contribution in [1.29, 1.82) is 0 Å². The first-order valence-electron chi connectivity index (χ1n) is 9.95. The number of aliphatic hydroxyl groups is 1. The van der Waals surface area contributed by atoms with Gasteiger partial charge in [-0.2, -0.15) is 0 Å². The van der Waals surface area contributed by atoms with Gasteiger partial charge in [0.2, 0.25) is 17.6 Å². The molecule has 0 saturated carbocycles. The van der Waals surface area contributed by atoms with E-state index in [9.17, 15) is 23.1 Å². The summed E-state index contributed by atoms with van der Waals surface area (Å²) < 4.78 is 45.4. The van der Waals surface area contributed by atoms with Gasteiger partial charge in [-0.05, 0) is 42.4 Å². The zero-order chi connectivity index (χ0) is 24.4. The molecule has 6 N–H and O–H groups in total. The van der Waals surface area contributed by atoms with Crippen LogP contribution >= 0.6 is 0 Å². The second-order valence-electron chi connectivity index (χ2n) is 6.89. The first-order chi connectivity index (χ1) is 15.6. The lowest BCUT2D eigenvalue weighted by Crippen LogP contribution is -2.43. The maximum Gasteiger partial charge on any atom is 0.256 e. The summed E-state index contributed by atoms with van der Waals surface area (Å²) in [5, 5.41) is 40.6. The predicted molar refractivity (Wildman–Crippen MR) is 124 cm³/mol. The van der Waals surface area contributed by atoms with E-state index in [-0.39, 0.29) is 54.5 Å². The van der Waals surface area contributed by atoms with Gasteiger partial charge in [-0.3, -0.25) is 0 Å². The fraction of sp³-hybridized carbons (Fsp3) is 0.412. The van der Waals surface area contributed by atoms with E-state index in [0.29, 0.717) is 11.2 Å². The Morgan fingerprint density at radius 2 is 2.06 bits per heavy atom. The standard InChI is InChI=1S/C17H26BFN8O5S/c1-3-33(30,31)27-17(22-9-10(2)28)21-7-6-20-15-14(25-32-26-15)16(24-29)23-11-4-5-13(19)12(18)8-11/h4-5,8,10,28-29H,3,6-7,9,18H2,1-2H3,(H,20,26)(H,23,24)(H2,21,22,27)/t10-/m1/s1. The van der Waals surface area contributed by atoms with Gasteiger partial charge in [0.25, 0.3) is 10.0 Å². The number of nitrogens with zero attached hydrogens (tertiary/aromatic N) is 4. The van der Waals surface area contributed by atoms with Crippen LogP contribution < -0.4 is 26.7 Å². The average molecular weight is 484 g/mol. The van der Waals surface area contributed by atoms with Crippen LogP contribution in [0.3, 0.4) is 0 Å². The molecule has 0 aliphatic carbocycles. The van der Waals surface area contributed by atoms with Crippen LogP contribution in [0.25, 0.3) is 0 Å². The Labute approximate surface area is 191 Å². The number of halogens is 1. The van der Waals surface area contributed by atoms with Gasteiger partial charge >= 0.3 is 0 Å². The zero-order valence-corrected chi connectivity index (χ0v) is 19.1. The van der Waals surface area contributed by atoms with Gasteiger partial charge in [0.05, 0.1) is 11.9 Å². The van der Waals surface area contributed by atoms with Crippen molar-refractivity contribution in [3.8, 4) is 0 Å². The van der Waals surface area contributed by atoms with Gasteiger partial charge < -0.3 is 31.6 Å². The predicted octanol–water partition coefficient (Wildman–Crippen LogP) is -1.61. The second-order valence-corrected chi connectivity index (χ2v) is 8.82. The van der Waals surface area contributed by atoms with Crippen molar-refractivity contribution < 1.29 is 27.8 Å². The molecule has 33 heavy (non-hydrogen) atoms. The minimum absolute atomic E-state index is 0.0102. The summed E-state index contributed by atoms with van der Waals surface area (Å²) >= 11 is 0. The molecule has 1 aromatic heterocycles. The Morgan fingerprint density at radius 1 is 1.30 bits per heavy atom. The Bertz CT molecular complexity index is 1090. The van der Waals surface area contributed by atoms with Gasteiger partial charge in [-0.1, -0.05) is 10.6 Å². The molecule has 1 atom stereocenters. The normalized spacial score (nSPS) is 13.5. The number of sulfonamides is 1. The number of oxime groups is 1. The van der Waals surface area contributed by atoms with Gasteiger partial charge in [0.15, 0.2) is 5.69 Å². The highest BCUT2D eigenvalue weighted by molar-refractivity contribution is 7.90. The Hall–Kier alpha value is -3.40. The van der Waals surface area contributed by atoms with Crippen molar-refractivity contribution in [2.75, 3.05) is 36.0 Å². The minimum Gasteiger partial charge on any atom is -0.409 e. The zero-order valence-electron chi connectivity index (χ0n) is 18.3. The van der Waals surface area contributed by atoms with Crippen LogP contribution in [0, 0.1) is 5.82 Å². The van der Waals surface area contributed by atoms with Crippen molar-refractivity contribution in [3.63, 3.8) is 0 Å². The second kappa shape index (κ2) is 12.0. The fourth-order valence-corrected chi connectivity index (χ4v) is 2.92. The van der Waals surface area contributed by atoms with E-state index in [2.05, 4.69) is 41.1 Å². The summed E-state index contributed by atoms with van der Waals surface area (Å²) in [6, 6.07) is 4.25. The topological polar surface area (TPSA) is 186 Å². The number of amidine groups is 1. The Kier molecular flexibility index (Phi) is 9.41. The lowest BCUT2D eigenvalue weighted by Gasteiger charge is -2.14. The highest BCUT2D eigenvalue weighted by Crippen LogP contribution is 2.14. The molecule has 0 radical (unpaired) electrons. The summed E-state index contributed by atoms with van der Waals surface area (Å²) in [5.41, 5.74) is 0.917. The third-order valence-corrected chi connectivity index (χ3v) is 5.29. The fourth-order valence-electron chi connectivity index (χ4n) is 2.39. The van der Waals surface area contributed by atoms with Crippen LogP contribution in [0.15, 0.2) is 32.4 Å². The van der Waals surface area contributed by atoms with Gasteiger partial charge in [0, 0.05) is 25.3 Å².